The lowest BCUT2D eigenvalue weighted by molar-refractivity contribution is 0.0606. The minimum atomic E-state index is -0.617. The van der Waals surface area contributed by atoms with E-state index in [1.54, 1.807) is 78.4 Å². The number of amides is 3. The summed E-state index contributed by atoms with van der Waals surface area (Å²) >= 11 is 20.1. The zero-order chi connectivity index (χ0) is 83.5. The molecule has 15 aromatic rings. The van der Waals surface area contributed by atoms with E-state index in [0.717, 1.165) is 35.1 Å². The summed E-state index contributed by atoms with van der Waals surface area (Å²) < 4.78 is 66.5. The van der Waals surface area contributed by atoms with Crippen LogP contribution in [0.3, 0.4) is 0 Å². The highest BCUT2D eigenvalue weighted by molar-refractivity contribution is 9.11. The number of hydrogen-bond donors (Lipinski definition) is 3. The molecule has 30 heteroatoms. The molecule has 0 aliphatic rings. The van der Waals surface area contributed by atoms with Crippen LogP contribution >= 0.6 is 73.1 Å². The summed E-state index contributed by atoms with van der Waals surface area (Å²) in [5.41, 5.74) is 23.4. The predicted molar refractivity (Wildman–Crippen MR) is 462 cm³/mol. The number of aryl methyl sites for hydroxylation is 3. The van der Waals surface area contributed by atoms with Gasteiger partial charge in [0.15, 0.2) is 0 Å². The molecule has 21 nitrogen and oxygen atoms in total. The van der Waals surface area contributed by atoms with Crippen LogP contribution in [0.15, 0.2) is 195 Å². The molecule has 0 radical (unpaired) electrons. The fourth-order valence-corrected chi connectivity index (χ4v) is 18.1. The lowest BCUT2D eigenvalue weighted by Gasteiger charge is -2.35. The van der Waals surface area contributed by atoms with E-state index >= 15 is 0 Å². The average Bonchev–Trinajstić information content (AvgIpc) is 1.64. The molecule has 0 aliphatic heterocycles. The number of halogens is 6. The predicted octanol–water partition coefficient (Wildman–Crippen LogP) is 18.6. The van der Waals surface area contributed by atoms with E-state index in [1.807, 2.05) is 116 Å². The smallest absolute Gasteiger partial charge is 0.297 e. The van der Waals surface area contributed by atoms with Gasteiger partial charge in [0.1, 0.15) is 68.2 Å². The van der Waals surface area contributed by atoms with Gasteiger partial charge in [-0.1, -0.05) is 100 Å². The molecule has 0 spiro atoms. The molecule has 0 saturated carbocycles. The molecule has 9 heterocycles. The Labute approximate surface area is 700 Å². The largest absolute Gasteiger partial charge is 0.448 e. The first kappa shape index (κ1) is 84.5. The lowest BCUT2D eigenvalue weighted by atomic mass is 9.99. The average molecular weight is 1750 g/mol. The Morgan fingerprint density at radius 1 is 0.444 bits per heavy atom. The molecule has 6 aromatic carbocycles. The van der Waals surface area contributed by atoms with Gasteiger partial charge in [-0.2, -0.15) is 0 Å². The zero-order valence-electron chi connectivity index (χ0n) is 65.3. The topological polar surface area (TPSA) is 283 Å². The second kappa shape index (κ2) is 36.2. The summed E-state index contributed by atoms with van der Waals surface area (Å²) in [5, 5.41) is 3.74. The van der Waals surface area contributed by atoms with Crippen molar-refractivity contribution in [3.8, 4) is 0 Å². The Morgan fingerprint density at radius 2 is 0.778 bits per heavy atom. The molecule has 0 unspecified atom stereocenters. The van der Waals surface area contributed by atoms with Gasteiger partial charge in [-0.3, -0.25) is 42.5 Å². The fourth-order valence-electron chi connectivity index (χ4n) is 14.6. The molecule has 9 aromatic heterocycles. The molecule has 606 valence electrons. The van der Waals surface area contributed by atoms with Crippen molar-refractivity contribution in [1.29, 1.82) is 0 Å². The van der Waals surface area contributed by atoms with E-state index in [2.05, 4.69) is 15.9 Å². The van der Waals surface area contributed by atoms with Crippen molar-refractivity contribution < 1.29 is 40.8 Å². The van der Waals surface area contributed by atoms with Gasteiger partial charge in [0.25, 0.3) is 34.4 Å². The maximum absolute atomic E-state index is 14.2. The van der Waals surface area contributed by atoms with Gasteiger partial charge in [0, 0.05) is 91.8 Å². The maximum atomic E-state index is 14.2. The number of carbonyl (C=O) groups is 3. The van der Waals surface area contributed by atoms with E-state index in [-0.39, 0.29) is 128 Å². The third-order valence-corrected chi connectivity index (χ3v) is 24.1. The Morgan fingerprint density at radius 3 is 1.08 bits per heavy atom. The van der Waals surface area contributed by atoms with Crippen LogP contribution in [0.1, 0.15) is 140 Å². The minimum absolute atomic E-state index is 0.0275. The molecule has 3 atom stereocenters. The van der Waals surface area contributed by atoms with Crippen molar-refractivity contribution in [2.24, 2.45) is 35.0 Å². The molecule has 3 amide bonds. The minimum Gasteiger partial charge on any atom is -0.448 e. The van der Waals surface area contributed by atoms with E-state index < -0.39 is 52.3 Å². The van der Waals surface area contributed by atoms with Crippen LogP contribution in [-0.4, -0.2) is 100 Å². The van der Waals surface area contributed by atoms with Gasteiger partial charge in [0.05, 0.1) is 45.9 Å². The Balaban J connectivity index is 0.000000152. The van der Waals surface area contributed by atoms with Crippen molar-refractivity contribution in [2.45, 2.75) is 100 Å². The number of nitrogens with zero attached hydrogens (tertiary/aromatic N) is 9. The summed E-state index contributed by atoms with van der Waals surface area (Å²) in [4.78, 5) is 106. The van der Waals surface area contributed by atoms with Crippen LogP contribution in [0.4, 0.5) is 13.2 Å². The number of carbonyl (C=O) groups excluding carboxylic acids is 3. The van der Waals surface area contributed by atoms with Crippen LogP contribution in [0.25, 0.3) is 66.2 Å². The van der Waals surface area contributed by atoms with Gasteiger partial charge in [-0.05, 0) is 199 Å². The van der Waals surface area contributed by atoms with Gasteiger partial charge in [-0.15, -0.1) is 34.0 Å². The second-order valence-electron chi connectivity index (χ2n) is 29.5. The summed E-state index contributed by atoms with van der Waals surface area (Å²) in [7, 11) is 0. The molecule has 15 rings (SSSR count). The van der Waals surface area contributed by atoms with Crippen molar-refractivity contribution in [1.82, 2.24) is 43.4 Å². The van der Waals surface area contributed by atoms with E-state index in [4.69, 9.17) is 68.6 Å². The standard InChI is InChI=1S/C29H28BrFN4O3S.2C29H28ClFN4O3S/c2*1-16(2)25(34(13-12-32)28(36)18-6-4-17(3)5-7-18)27-33-24-21-14-19(31)8-10-22(21)38-26(24)29(37)35(27)15-20-9-11-23(30)39-20;1-16(2)25(34(11-10-32)28(36)18-4-6-19(30)7-5-18)27-33-24-22-13-20(31)8-9-23(22)38-26(24)29(37)35(27)14-21-12-17(3)15-39-21/h2*4-11,14,16,25H,12-13,15,32H2,1-3H3;4-9,12-13,15-16,25H,10-11,14,32H2,1-3H3/t3*25-/m111/s1. The number of hydrogen-bond acceptors (Lipinski definition) is 18. The molecule has 0 aliphatic carbocycles. The SMILES string of the molecule is Cc1ccc(C(=O)N(CCN)[C@@H](c2nc3c(oc4ccc(F)cc43)c(=O)n2Cc2ccc(Br)s2)C(C)C)cc1.Cc1ccc(C(=O)N(CCN)[C@@H](c2nc3c(oc4ccc(F)cc43)c(=O)n2Cc2ccc(Cl)s2)C(C)C)cc1.Cc1csc(Cn2c([C@@H](C(C)C)N(CCN)C(=O)c3ccc(Cl)cc3)nc3c(oc4ccc(F)cc43)c2=O)c1. The van der Waals surface area contributed by atoms with Crippen molar-refractivity contribution in [3.63, 3.8) is 0 Å². The van der Waals surface area contributed by atoms with Crippen LogP contribution < -0.4 is 33.9 Å². The monoisotopic (exact) mass is 1740 g/mol. The highest BCUT2D eigenvalue weighted by atomic mass is 79.9. The van der Waals surface area contributed by atoms with Gasteiger partial charge in [0.2, 0.25) is 16.7 Å². The third-order valence-electron chi connectivity index (χ3n) is 20.0. The summed E-state index contributed by atoms with van der Waals surface area (Å²) in [6.07, 6.45) is 0. The Bertz CT molecular complexity index is 5780. The number of rotatable bonds is 24. The van der Waals surface area contributed by atoms with E-state index in [9.17, 15) is 41.9 Å². The third kappa shape index (κ3) is 18.0. The molecular formula is C87H84BrCl2F3N12O9S3. The molecule has 0 fully saturated rings. The number of furan rings is 3. The number of thiophene rings is 3. The molecular weight excluding hydrogens is 1660 g/mol. The number of benzene rings is 6. The number of fused-ring (bicyclic) bond motifs is 9. The van der Waals surface area contributed by atoms with Crippen molar-refractivity contribution in [3.05, 3.63) is 290 Å². The Kier molecular flexibility index (Phi) is 26.2. The van der Waals surface area contributed by atoms with E-state index in [1.165, 1.54) is 93.2 Å². The highest BCUT2D eigenvalue weighted by Crippen LogP contribution is 2.39. The number of aromatic nitrogens is 6. The van der Waals surface area contributed by atoms with Gasteiger partial charge < -0.3 is 45.2 Å². The number of nitrogens with two attached hydrogens (primary N) is 3. The Hall–Kier alpha value is -10.4. The van der Waals surface area contributed by atoms with Gasteiger partial charge >= 0.3 is 0 Å². The first-order chi connectivity index (χ1) is 56.0. The summed E-state index contributed by atoms with van der Waals surface area (Å²) in [6.45, 7) is 19.8. The molecule has 6 N–H and O–H groups in total. The zero-order valence-corrected chi connectivity index (χ0v) is 70.9. The second-order valence-corrected chi connectivity index (χ2v) is 35.3. The molecule has 0 bridgehead atoms. The van der Waals surface area contributed by atoms with Crippen LogP contribution in [-0.2, 0) is 19.6 Å². The van der Waals surface area contributed by atoms with Crippen molar-refractivity contribution >= 4 is 157 Å². The van der Waals surface area contributed by atoms with Crippen LogP contribution in [0.5, 0.6) is 0 Å². The summed E-state index contributed by atoms with van der Waals surface area (Å²) in [6, 6.07) is 41.2. The fraction of sp³-hybridized carbons (Fsp3) is 0.276. The molecule has 117 heavy (non-hydrogen) atoms. The molecule has 0 saturated heterocycles. The van der Waals surface area contributed by atoms with Crippen LogP contribution in [0, 0.1) is 56.0 Å². The lowest BCUT2D eigenvalue weighted by Crippen LogP contribution is -2.43. The van der Waals surface area contributed by atoms with Crippen LogP contribution in [0.2, 0.25) is 9.36 Å². The highest BCUT2D eigenvalue weighted by Gasteiger charge is 2.38. The normalized spacial score (nSPS) is 12.5. The van der Waals surface area contributed by atoms with Gasteiger partial charge in [-0.25, -0.2) is 28.1 Å². The first-order valence-corrected chi connectivity index (χ1v) is 41.9. The quantitative estimate of drug-likeness (QED) is 0.0507. The maximum Gasteiger partial charge on any atom is 0.297 e. The first-order valence-electron chi connectivity index (χ1n) is 37.8. The van der Waals surface area contributed by atoms with E-state index in [0.29, 0.717) is 76.4 Å². The summed E-state index contributed by atoms with van der Waals surface area (Å²) in [5.74, 6) is -1.35. The van der Waals surface area contributed by atoms with Crippen molar-refractivity contribution in [2.75, 3.05) is 39.3 Å².